The molecule has 2 rings (SSSR count). The van der Waals surface area contributed by atoms with Gasteiger partial charge >= 0.3 is 10.6 Å². The summed E-state index contributed by atoms with van der Waals surface area (Å²) in [7, 11) is 0. The summed E-state index contributed by atoms with van der Waals surface area (Å²) in [5, 5.41) is 1.68. The zero-order valence-corrected chi connectivity index (χ0v) is 11.7. The van der Waals surface area contributed by atoms with E-state index >= 15 is 0 Å². The molecule has 0 spiro atoms. The smallest absolute Gasteiger partial charge is 0.315 e. The molecule has 0 atom stereocenters. The third kappa shape index (κ3) is 2.87. The second kappa shape index (κ2) is 5.58. The van der Waals surface area contributed by atoms with Gasteiger partial charge in [0.05, 0.1) is 12.1 Å². The first kappa shape index (κ1) is 13.8. The molecule has 19 heavy (non-hydrogen) atoms. The van der Waals surface area contributed by atoms with Crippen molar-refractivity contribution in [1.82, 2.24) is 14.5 Å². The van der Waals surface area contributed by atoms with Gasteiger partial charge in [-0.15, -0.1) is 0 Å². The predicted molar refractivity (Wildman–Crippen MR) is 74.4 cm³/mol. The maximum absolute atomic E-state index is 12.2. The van der Waals surface area contributed by atoms with Gasteiger partial charge in [0.1, 0.15) is 5.15 Å². The average Bonchev–Trinajstić information content (AvgIpc) is 2.76. The first-order chi connectivity index (χ1) is 9.02. The number of nitrogens with zero attached hydrogens (tertiary/aromatic N) is 1. The van der Waals surface area contributed by atoms with E-state index in [0.29, 0.717) is 17.7 Å². The molecule has 0 aliphatic heterocycles. The Hall–Kier alpha value is -1.60. The molecule has 0 unspecified atom stereocenters. The highest BCUT2D eigenvalue weighted by atomic mass is 35.5. The van der Waals surface area contributed by atoms with Gasteiger partial charge in [-0.1, -0.05) is 36.3 Å². The van der Waals surface area contributed by atoms with Crippen molar-refractivity contribution in [2.45, 2.75) is 26.3 Å². The number of rotatable bonds is 4. The van der Waals surface area contributed by atoms with Gasteiger partial charge in [0.25, 0.3) is 5.56 Å². The van der Waals surface area contributed by atoms with E-state index in [9.17, 15) is 14.4 Å². The van der Waals surface area contributed by atoms with Gasteiger partial charge in [-0.25, -0.2) is 4.79 Å². The van der Waals surface area contributed by atoms with Crippen LogP contribution < -0.4 is 16.1 Å². The first-order valence-corrected chi connectivity index (χ1v) is 6.97. The van der Waals surface area contributed by atoms with Crippen molar-refractivity contribution in [3.63, 3.8) is 0 Å². The van der Waals surface area contributed by atoms with E-state index in [4.69, 9.17) is 11.6 Å². The summed E-state index contributed by atoms with van der Waals surface area (Å²) >= 11 is 6.86. The lowest BCUT2D eigenvalue weighted by atomic mass is 10.2. The number of halogens is 1. The molecule has 8 heteroatoms. The minimum Gasteiger partial charge on any atom is -0.315 e. The van der Waals surface area contributed by atoms with Crippen LogP contribution in [0.25, 0.3) is 0 Å². The fourth-order valence-corrected chi connectivity index (χ4v) is 2.59. The second-order valence-electron chi connectivity index (χ2n) is 4.04. The maximum atomic E-state index is 12.2. The van der Waals surface area contributed by atoms with Crippen molar-refractivity contribution < 1.29 is 0 Å². The van der Waals surface area contributed by atoms with Crippen LogP contribution in [0.15, 0.2) is 19.8 Å². The summed E-state index contributed by atoms with van der Waals surface area (Å²) in [5.41, 5.74) is -0.0849. The van der Waals surface area contributed by atoms with Gasteiger partial charge < -0.3 is 4.98 Å². The minimum absolute atomic E-state index is 0.0286. The van der Waals surface area contributed by atoms with E-state index < -0.39 is 11.2 Å². The molecule has 0 bridgehead atoms. The van der Waals surface area contributed by atoms with Gasteiger partial charge in [-0.3, -0.25) is 19.1 Å². The van der Waals surface area contributed by atoms with Crippen molar-refractivity contribution in [3.05, 3.63) is 52.3 Å². The van der Waals surface area contributed by atoms with Gasteiger partial charge in [0.2, 0.25) is 0 Å². The molecule has 0 aliphatic rings. The lowest BCUT2D eigenvalue weighted by molar-refractivity contribution is 0.670. The molecule has 0 aromatic carbocycles. The third-order valence-electron chi connectivity index (χ3n) is 2.63. The van der Waals surface area contributed by atoms with Crippen LogP contribution in [0, 0.1) is 0 Å². The van der Waals surface area contributed by atoms with E-state index in [1.54, 1.807) is 5.38 Å². The SMILES string of the molecule is CCCc1c(Cl)[nH]c(=O)n(Cc2csc(=O)[nH]2)c1=O. The molecule has 102 valence electrons. The van der Waals surface area contributed by atoms with Crippen molar-refractivity contribution in [3.8, 4) is 0 Å². The quantitative estimate of drug-likeness (QED) is 0.824. The fraction of sp³-hybridized carbons (Fsp3) is 0.364. The second-order valence-corrected chi connectivity index (χ2v) is 5.26. The zero-order valence-electron chi connectivity index (χ0n) is 10.2. The molecular formula is C11H12ClN3O3S. The van der Waals surface area contributed by atoms with Crippen LogP contribution in [0.2, 0.25) is 5.15 Å². The van der Waals surface area contributed by atoms with E-state index in [2.05, 4.69) is 9.97 Å². The molecule has 0 radical (unpaired) electrons. The van der Waals surface area contributed by atoms with Crippen molar-refractivity contribution in [2.75, 3.05) is 0 Å². The number of nitrogens with one attached hydrogen (secondary N) is 2. The van der Waals surface area contributed by atoms with Crippen molar-refractivity contribution in [1.29, 1.82) is 0 Å². The highest BCUT2D eigenvalue weighted by Gasteiger charge is 2.12. The lowest BCUT2D eigenvalue weighted by Gasteiger charge is -2.07. The summed E-state index contributed by atoms with van der Waals surface area (Å²) in [6.45, 7) is 1.95. The summed E-state index contributed by atoms with van der Waals surface area (Å²) in [6.07, 6.45) is 1.24. The Morgan fingerprint density at radius 3 is 2.63 bits per heavy atom. The normalized spacial score (nSPS) is 10.8. The molecule has 2 N–H and O–H groups in total. The Morgan fingerprint density at radius 1 is 1.32 bits per heavy atom. The maximum Gasteiger partial charge on any atom is 0.329 e. The third-order valence-corrected chi connectivity index (χ3v) is 3.67. The number of H-pyrrole nitrogens is 2. The Morgan fingerprint density at radius 2 is 2.05 bits per heavy atom. The molecule has 0 aliphatic carbocycles. The number of aromatic nitrogens is 3. The summed E-state index contributed by atoms with van der Waals surface area (Å²) < 4.78 is 1.04. The van der Waals surface area contributed by atoms with Crippen molar-refractivity contribution >= 4 is 22.9 Å². The Bertz CT molecular complexity index is 756. The van der Waals surface area contributed by atoms with E-state index in [1.165, 1.54) is 0 Å². The first-order valence-electron chi connectivity index (χ1n) is 5.71. The summed E-state index contributed by atoms with van der Waals surface area (Å²) in [6, 6.07) is 0. The standard InChI is InChI=1S/C11H12ClN3O3S/c1-2-3-7-8(12)14-10(17)15(9(7)16)4-6-5-19-11(18)13-6/h5H,2-4H2,1H3,(H,13,18)(H,14,17). The van der Waals surface area contributed by atoms with E-state index in [-0.39, 0.29) is 16.6 Å². The fourth-order valence-electron chi connectivity index (χ4n) is 1.76. The molecule has 2 heterocycles. The van der Waals surface area contributed by atoms with E-state index in [1.807, 2.05) is 6.92 Å². The van der Waals surface area contributed by atoms with Crippen LogP contribution in [0.1, 0.15) is 24.6 Å². The van der Waals surface area contributed by atoms with Crippen LogP contribution in [0.5, 0.6) is 0 Å². The molecule has 2 aromatic rings. The largest absolute Gasteiger partial charge is 0.329 e. The summed E-state index contributed by atoms with van der Waals surface area (Å²) in [5.74, 6) is 0. The Balaban J connectivity index is 2.51. The number of aromatic amines is 2. The van der Waals surface area contributed by atoms with Gasteiger partial charge in [-0.2, -0.15) is 0 Å². The lowest BCUT2D eigenvalue weighted by Crippen LogP contribution is -2.37. The van der Waals surface area contributed by atoms with Gasteiger partial charge in [-0.05, 0) is 6.42 Å². The topological polar surface area (TPSA) is 87.7 Å². The van der Waals surface area contributed by atoms with Crippen molar-refractivity contribution in [2.24, 2.45) is 0 Å². The molecule has 0 saturated heterocycles. The molecule has 0 amide bonds. The average molecular weight is 302 g/mol. The Kier molecular flexibility index (Phi) is 4.06. The number of thiazole rings is 1. The van der Waals surface area contributed by atoms with Crippen LogP contribution in [-0.2, 0) is 13.0 Å². The van der Waals surface area contributed by atoms with Crippen LogP contribution in [0.3, 0.4) is 0 Å². The molecule has 0 saturated carbocycles. The highest BCUT2D eigenvalue weighted by molar-refractivity contribution is 7.07. The highest BCUT2D eigenvalue weighted by Crippen LogP contribution is 2.08. The molecule has 0 fully saturated rings. The monoisotopic (exact) mass is 301 g/mol. The Labute approximate surface area is 116 Å². The van der Waals surface area contributed by atoms with Gasteiger partial charge in [0.15, 0.2) is 0 Å². The molecular weight excluding hydrogens is 290 g/mol. The van der Waals surface area contributed by atoms with Crippen LogP contribution in [0.4, 0.5) is 0 Å². The van der Waals surface area contributed by atoms with Crippen LogP contribution >= 0.6 is 22.9 Å². The number of hydrogen-bond donors (Lipinski definition) is 2. The summed E-state index contributed by atoms with van der Waals surface area (Å²) in [4.78, 5) is 39.8. The molecule has 6 nitrogen and oxygen atoms in total. The minimum atomic E-state index is -0.582. The zero-order chi connectivity index (χ0) is 14.0. The molecule has 2 aromatic heterocycles. The predicted octanol–water partition coefficient (Wildman–Crippen LogP) is 0.941. The van der Waals surface area contributed by atoms with Gasteiger partial charge in [0, 0.05) is 11.1 Å². The number of hydrogen-bond acceptors (Lipinski definition) is 4. The van der Waals surface area contributed by atoms with Crippen LogP contribution in [-0.4, -0.2) is 14.5 Å². The van der Waals surface area contributed by atoms with E-state index in [0.717, 1.165) is 22.3 Å².